The number of nitrogens with one attached hydrogen (secondary N) is 2. The quantitative estimate of drug-likeness (QED) is 0.597. The first-order valence-corrected chi connectivity index (χ1v) is 7.13. The van der Waals surface area contributed by atoms with E-state index in [1.807, 2.05) is 6.92 Å². The van der Waals surface area contributed by atoms with Crippen LogP contribution in [0.25, 0.3) is 0 Å². The molecule has 20 heavy (non-hydrogen) atoms. The van der Waals surface area contributed by atoms with Crippen LogP contribution in [0.2, 0.25) is 0 Å². The zero-order valence-corrected chi connectivity index (χ0v) is 12.5. The number of rotatable bonds is 4. The molecule has 0 aliphatic heterocycles. The van der Waals surface area contributed by atoms with Crippen molar-refractivity contribution in [3.05, 3.63) is 45.4 Å². The standard InChI is InChI=1S/C14H18N4OS/c1-8-6-12(10(3)20-8)9(2)17-14(19)13-5-4-11(18-15)7-16-13/h4-7,9,18H,15H2,1-3H3,(H,17,19). The van der Waals surface area contributed by atoms with Crippen LogP contribution in [0, 0.1) is 13.8 Å². The van der Waals surface area contributed by atoms with Gasteiger partial charge in [0.1, 0.15) is 5.69 Å². The minimum atomic E-state index is -0.190. The molecule has 5 nitrogen and oxygen atoms in total. The van der Waals surface area contributed by atoms with E-state index < -0.39 is 0 Å². The van der Waals surface area contributed by atoms with Crippen molar-refractivity contribution in [1.29, 1.82) is 0 Å². The molecular formula is C14H18N4OS. The van der Waals surface area contributed by atoms with Crippen molar-refractivity contribution in [2.75, 3.05) is 5.43 Å². The van der Waals surface area contributed by atoms with Crippen LogP contribution < -0.4 is 16.6 Å². The molecule has 1 atom stereocenters. The van der Waals surface area contributed by atoms with Gasteiger partial charge >= 0.3 is 0 Å². The molecule has 4 N–H and O–H groups in total. The Morgan fingerprint density at radius 3 is 2.65 bits per heavy atom. The summed E-state index contributed by atoms with van der Waals surface area (Å²) in [5.74, 6) is 5.07. The van der Waals surface area contributed by atoms with Gasteiger partial charge in [0.25, 0.3) is 5.91 Å². The van der Waals surface area contributed by atoms with Crippen LogP contribution in [-0.4, -0.2) is 10.9 Å². The maximum absolute atomic E-state index is 12.1. The summed E-state index contributed by atoms with van der Waals surface area (Å²) >= 11 is 1.74. The molecular weight excluding hydrogens is 272 g/mol. The molecule has 106 valence electrons. The number of carbonyl (C=O) groups excluding carboxylic acids is 1. The molecule has 0 spiro atoms. The Kier molecular flexibility index (Phi) is 4.36. The molecule has 0 aliphatic carbocycles. The fourth-order valence-electron chi connectivity index (χ4n) is 2.04. The molecule has 0 aromatic carbocycles. The number of thiophene rings is 1. The van der Waals surface area contributed by atoms with E-state index in [1.54, 1.807) is 23.5 Å². The van der Waals surface area contributed by atoms with E-state index >= 15 is 0 Å². The Morgan fingerprint density at radius 2 is 2.15 bits per heavy atom. The number of aryl methyl sites for hydroxylation is 2. The van der Waals surface area contributed by atoms with Crippen LogP contribution in [0.4, 0.5) is 5.69 Å². The van der Waals surface area contributed by atoms with E-state index in [0.717, 1.165) is 5.56 Å². The van der Waals surface area contributed by atoms with Gasteiger partial charge in [-0.1, -0.05) is 0 Å². The average molecular weight is 290 g/mol. The van der Waals surface area contributed by atoms with Crippen LogP contribution in [-0.2, 0) is 0 Å². The SMILES string of the molecule is Cc1cc(C(C)NC(=O)c2ccc(NN)cn2)c(C)s1. The van der Waals surface area contributed by atoms with Crippen molar-refractivity contribution in [2.24, 2.45) is 5.84 Å². The van der Waals surface area contributed by atoms with Crippen molar-refractivity contribution in [2.45, 2.75) is 26.8 Å². The number of pyridine rings is 1. The smallest absolute Gasteiger partial charge is 0.270 e. The summed E-state index contributed by atoms with van der Waals surface area (Å²) in [6.07, 6.45) is 1.53. The normalized spacial score (nSPS) is 12.0. The number of nitrogens with two attached hydrogens (primary N) is 1. The fraction of sp³-hybridized carbons (Fsp3) is 0.286. The van der Waals surface area contributed by atoms with Crippen LogP contribution in [0.5, 0.6) is 0 Å². The zero-order valence-electron chi connectivity index (χ0n) is 11.7. The highest BCUT2D eigenvalue weighted by Gasteiger charge is 2.15. The predicted molar refractivity (Wildman–Crippen MR) is 81.7 cm³/mol. The number of hydrogen-bond donors (Lipinski definition) is 3. The molecule has 0 fully saturated rings. The van der Waals surface area contributed by atoms with Crippen LogP contribution in [0.1, 0.15) is 38.8 Å². The van der Waals surface area contributed by atoms with E-state index in [0.29, 0.717) is 11.4 Å². The van der Waals surface area contributed by atoms with Gasteiger partial charge in [0.2, 0.25) is 0 Å². The predicted octanol–water partition coefficient (Wildman–Crippen LogP) is 2.54. The summed E-state index contributed by atoms with van der Waals surface area (Å²) in [5.41, 5.74) is 4.67. The molecule has 0 saturated carbocycles. The number of aromatic nitrogens is 1. The minimum absolute atomic E-state index is 0.0402. The summed E-state index contributed by atoms with van der Waals surface area (Å²) in [6.45, 7) is 6.10. The maximum Gasteiger partial charge on any atom is 0.270 e. The van der Waals surface area contributed by atoms with Gasteiger partial charge in [-0.25, -0.2) is 4.98 Å². The first-order chi connectivity index (χ1) is 9.51. The first kappa shape index (κ1) is 14.5. The highest BCUT2D eigenvalue weighted by Crippen LogP contribution is 2.26. The number of hydrazine groups is 1. The summed E-state index contributed by atoms with van der Waals surface area (Å²) in [7, 11) is 0. The molecule has 0 saturated heterocycles. The molecule has 0 radical (unpaired) electrons. The molecule has 1 unspecified atom stereocenters. The van der Waals surface area contributed by atoms with Gasteiger partial charge in [-0.05, 0) is 44.5 Å². The molecule has 0 aliphatic rings. The van der Waals surface area contributed by atoms with Crippen LogP contribution in [0.15, 0.2) is 24.4 Å². The molecule has 2 aromatic heterocycles. The summed E-state index contributed by atoms with van der Waals surface area (Å²) in [4.78, 5) is 18.7. The Balaban J connectivity index is 2.08. The zero-order chi connectivity index (χ0) is 14.7. The van der Waals surface area contributed by atoms with Crippen molar-refractivity contribution in [3.8, 4) is 0 Å². The van der Waals surface area contributed by atoms with Gasteiger partial charge in [0.05, 0.1) is 17.9 Å². The second-order valence-corrected chi connectivity index (χ2v) is 6.10. The first-order valence-electron chi connectivity index (χ1n) is 6.31. The Morgan fingerprint density at radius 1 is 1.40 bits per heavy atom. The molecule has 2 rings (SSSR count). The molecule has 2 heterocycles. The lowest BCUT2D eigenvalue weighted by Crippen LogP contribution is -2.27. The molecule has 1 amide bonds. The van der Waals surface area contributed by atoms with Gasteiger partial charge in [-0.3, -0.25) is 10.6 Å². The number of carbonyl (C=O) groups is 1. The van der Waals surface area contributed by atoms with E-state index in [1.165, 1.54) is 16.0 Å². The fourth-order valence-corrected chi connectivity index (χ4v) is 3.06. The van der Waals surface area contributed by atoms with Gasteiger partial charge in [-0.15, -0.1) is 11.3 Å². The summed E-state index contributed by atoms with van der Waals surface area (Å²) < 4.78 is 0. The Labute approximate surface area is 122 Å². The highest BCUT2D eigenvalue weighted by atomic mass is 32.1. The van der Waals surface area contributed by atoms with Gasteiger partial charge in [-0.2, -0.15) is 0 Å². The number of hydrogen-bond acceptors (Lipinski definition) is 5. The molecule has 6 heteroatoms. The Bertz CT molecular complexity index is 606. The van der Waals surface area contributed by atoms with Crippen molar-refractivity contribution in [3.63, 3.8) is 0 Å². The maximum atomic E-state index is 12.1. The average Bonchev–Trinajstić information content (AvgIpc) is 2.78. The van der Waals surface area contributed by atoms with Crippen LogP contribution >= 0.6 is 11.3 Å². The second-order valence-electron chi connectivity index (χ2n) is 4.64. The van der Waals surface area contributed by atoms with Crippen LogP contribution in [0.3, 0.4) is 0 Å². The van der Waals surface area contributed by atoms with Gasteiger partial charge in [0, 0.05) is 9.75 Å². The van der Waals surface area contributed by atoms with Gasteiger partial charge < -0.3 is 10.7 Å². The van der Waals surface area contributed by atoms with E-state index in [9.17, 15) is 4.79 Å². The van der Waals surface area contributed by atoms with Gasteiger partial charge in [0.15, 0.2) is 0 Å². The number of anilines is 1. The minimum Gasteiger partial charge on any atom is -0.344 e. The van der Waals surface area contributed by atoms with Crippen molar-refractivity contribution in [1.82, 2.24) is 10.3 Å². The van der Waals surface area contributed by atoms with E-state index in [2.05, 4.69) is 35.6 Å². The Hall–Kier alpha value is -1.92. The third-order valence-corrected chi connectivity index (χ3v) is 4.04. The van der Waals surface area contributed by atoms with Crippen molar-refractivity contribution >= 4 is 22.9 Å². The number of nitrogens with zero attached hydrogens (tertiary/aromatic N) is 1. The third-order valence-electron chi connectivity index (χ3n) is 3.06. The lowest BCUT2D eigenvalue weighted by molar-refractivity contribution is 0.0935. The second kappa shape index (κ2) is 6.02. The lowest BCUT2D eigenvalue weighted by atomic mass is 10.1. The molecule has 0 bridgehead atoms. The van der Waals surface area contributed by atoms with Crippen molar-refractivity contribution < 1.29 is 4.79 Å². The summed E-state index contributed by atoms with van der Waals surface area (Å²) in [6, 6.07) is 5.43. The largest absolute Gasteiger partial charge is 0.344 e. The highest BCUT2D eigenvalue weighted by molar-refractivity contribution is 7.12. The summed E-state index contributed by atoms with van der Waals surface area (Å²) in [5, 5.41) is 2.96. The number of amides is 1. The number of nitrogen functional groups attached to an aromatic ring is 1. The molecule has 2 aromatic rings. The van der Waals surface area contributed by atoms with E-state index in [4.69, 9.17) is 5.84 Å². The topological polar surface area (TPSA) is 80.0 Å². The third kappa shape index (κ3) is 3.15. The monoisotopic (exact) mass is 290 g/mol. The lowest BCUT2D eigenvalue weighted by Gasteiger charge is -2.13. The van der Waals surface area contributed by atoms with E-state index in [-0.39, 0.29) is 11.9 Å².